The van der Waals surface area contributed by atoms with Crippen LogP contribution in [-0.4, -0.2) is 35.9 Å². The van der Waals surface area contributed by atoms with E-state index in [0.717, 1.165) is 18.8 Å². The van der Waals surface area contributed by atoms with Crippen LogP contribution in [0.4, 0.5) is 22.9 Å². The number of aromatic nitrogens is 2. The molecule has 0 unspecified atom stereocenters. The van der Waals surface area contributed by atoms with Gasteiger partial charge in [0.2, 0.25) is 5.91 Å². The van der Waals surface area contributed by atoms with Crippen molar-refractivity contribution in [2.24, 2.45) is 17.3 Å². The molecule has 0 spiro atoms. The summed E-state index contributed by atoms with van der Waals surface area (Å²) in [4.78, 5) is 13.9. The highest BCUT2D eigenvalue weighted by atomic mass is 16.5. The molecule has 9 heteroatoms. The topological polar surface area (TPSA) is 108 Å². The summed E-state index contributed by atoms with van der Waals surface area (Å²) in [7, 11) is 3.31. The van der Waals surface area contributed by atoms with E-state index in [1.807, 2.05) is 40.7 Å². The highest BCUT2D eigenvalue weighted by Crippen LogP contribution is 2.40. The summed E-state index contributed by atoms with van der Waals surface area (Å²) >= 11 is 0. The van der Waals surface area contributed by atoms with Crippen LogP contribution >= 0.6 is 0 Å². The molecule has 2 rings (SSSR count). The summed E-state index contributed by atoms with van der Waals surface area (Å²) in [6, 6.07) is 5.76. The van der Waals surface area contributed by atoms with Crippen LogP contribution in [-0.2, 0) is 17.3 Å². The predicted molar refractivity (Wildman–Crippen MR) is 122 cm³/mol. The summed E-state index contributed by atoms with van der Waals surface area (Å²) in [6.07, 6.45) is 0. The summed E-state index contributed by atoms with van der Waals surface area (Å²) in [5.74, 6) is 0.751. The Morgan fingerprint density at radius 2 is 1.94 bits per heavy atom. The molecule has 0 aliphatic heterocycles. The Morgan fingerprint density at radius 1 is 1.29 bits per heavy atom. The number of nitrogens with one attached hydrogen (secondary N) is 1. The first-order valence-corrected chi connectivity index (χ1v) is 10.2. The molecule has 0 fully saturated rings. The number of hydrogen-bond acceptors (Lipinski definition) is 7. The summed E-state index contributed by atoms with van der Waals surface area (Å²) in [5, 5.41) is 25.7. The van der Waals surface area contributed by atoms with Gasteiger partial charge in [-0.2, -0.15) is 10.4 Å². The number of hydrogen-bond donors (Lipinski definition) is 1. The van der Waals surface area contributed by atoms with E-state index in [0.29, 0.717) is 34.2 Å². The Kier molecular flexibility index (Phi) is 7.39. The molecular formula is C22H31N7O2. The minimum Gasteiger partial charge on any atom is -0.494 e. The number of benzene rings is 1. The van der Waals surface area contributed by atoms with Gasteiger partial charge in [-0.15, -0.1) is 10.2 Å². The quantitative estimate of drug-likeness (QED) is 0.640. The molecule has 0 radical (unpaired) electrons. The highest BCUT2D eigenvalue weighted by molar-refractivity contribution is 5.93. The van der Waals surface area contributed by atoms with Gasteiger partial charge in [0.1, 0.15) is 23.1 Å². The van der Waals surface area contributed by atoms with Crippen molar-refractivity contribution in [3.63, 3.8) is 0 Å². The molecule has 166 valence electrons. The number of amides is 1. The molecule has 0 atom stereocenters. The van der Waals surface area contributed by atoms with Gasteiger partial charge in [-0.1, -0.05) is 20.8 Å². The Bertz CT molecular complexity index is 1020. The number of nitriles is 1. The van der Waals surface area contributed by atoms with Crippen LogP contribution in [0.5, 0.6) is 5.75 Å². The van der Waals surface area contributed by atoms with Crippen molar-refractivity contribution < 1.29 is 9.53 Å². The molecule has 0 aliphatic rings. The van der Waals surface area contributed by atoms with Crippen molar-refractivity contribution in [1.29, 1.82) is 5.26 Å². The maximum atomic E-state index is 11.8. The third kappa shape index (κ3) is 5.20. The molecule has 31 heavy (non-hydrogen) atoms. The lowest BCUT2D eigenvalue weighted by Crippen LogP contribution is -2.22. The zero-order valence-corrected chi connectivity index (χ0v) is 19.6. The minimum absolute atomic E-state index is 0.222. The largest absolute Gasteiger partial charge is 0.494 e. The summed E-state index contributed by atoms with van der Waals surface area (Å²) in [5.41, 5.74) is 2.51. The Balaban J connectivity index is 2.64. The zero-order chi connectivity index (χ0) is 23.3. The number of nitrogens with zero attached hydrogens (tertiary/aromatic N) is 6. The van der Waals surface area contributed by atoms with Gasteiger partial charge in [-0.05, 0) is 19.9 Å². The van der Waals surface area contributed by atoms with Crippen LogP contribution in [0.2, 0.25) is 0 Å². The van der Waals surface area contributed by atoms with Crippen molar-refractivity contribution in [2.75, 3.05) is 30.4 Å². The second-order valence-corrected chi connectivity index (χ2v) is 8.13. The van der Waals surface area contributed by atoms with Crippen molar-refractivity contribution in [2.45, 2.75) is 47.0 Å². The van der Waals surface area contributed by atoms with E-state index in [4.69, 9.17) is 4.74 Å². The normalized spacial score (nSPS) is 11.5. The van der Waals surface area contributed by atoms with Crippen molar-refractivity contribution >= 4 is 28.8 Å². The Morgan fingerprint density at radius 3 is 2.42 bits per heavy atom. The smallest absolute Gasteiger partial charge is 0.221 e. The van der Waals surface area contributed by atoms with Crippen molar-refractivity contribution in [3.8, 4) is 11.8 Å². The van der Waals surface area contributed by atoms with Gasteiger partial charge in [-0.3, -0.25) is 4.79 Å². The van der Waals surface area contributed by atoms with E-state index in [9.17, 15) is 10.1 Å². The fourth-order valence-corrected chi connectivity index (χ4v) is 3.26. The van der Waals surface area contributed by atoms with Gasteiger partial charge in [0, 0.05) is 38.5 Å². The molecule has 0 saturated carbocycles. The molecule has 2 aromatic rings. The Labute approximate surface area is 183 Å². The molecule has 9 nitrogen and oxygen atoms in total. The number of anilines is 2. The monoisotopic (exact) mass is 425 g/mol. The number of rotatable bonds is 7. The second-order valence-electron chi connectivity index (χ2n) is 8.13. The zero-order valence-electron chi connectivity index (χ0n) is 19.6. The minimum atomic E-state index is -0.313. The number of aryl methyl sites for hydroxylation is 1. The second kappa shape index (κ2) is 9.60. The number of carbonyl (C=O) groups excluding carboxylic acids is 1. The van der Waals surface area contributed by atoms with Crippen LogP contribution < -0.4 is 15.0 Å². The molecule has 1 aromatic carbocycles. The first-order valence-electron chi connectivity index (χ1n) is 10.2. The maximum Gasteiger partial charge on any atom is 0.221 e. The van der Waals surface area contributed by atoms with E-state index in [-0.39, 0.29) is 11.3 Å². The predicted octanol–water partition coefficient (Wildman–Crippen LogP) is 4.82. The van der Waals surface area contributed by atoms with Crippen LogP contribution in [0, 0.1) is 11.3 Å². The van der Waals surface area contributed by atoms with Crippen LogP contribution in [0.1, 0.15) is 52.8 Å². The lowest BCUT2D eigenvalue weighted by molar-refractivity contribution is -0.114. The summed E-state index contributed by atoms with van der Waals surface area (Å²) in [6.45, 7) is 13.1. The van der Waals surface area contributed by atoms with Gasteiger partial charge in [0.15, 0.2) is 5.82 Å². The van der Waals surface area contributed by atoms with Crippen molar-refractivity contribution in [1.82, 2.24) is 9.78 Å². The molecule has 1 aromatic heterocycles. The molecule has 0 bridgehead atoms. The fourth-order valence-electron chi connectivity index (χ4n) is 3.26. The third-order valence-electron chi connectivity index (χ3n) is 4.80. The maximum absolute atomic E-state index is 11.8. The fraction of sp³-hybridized carbons (Fsp3) is 0.500. The first kappa shape index (κ1) is 23.9. The van der Waals surface area contributed by atoms with E-state index >= 15 is 0 Å². The number of ether oxygens (including phenoxy) is 1. The van der Waals surface area contributed by atoms with Gasteiger partial charge in [-0.25, -0.2) is 4.68 Å². The van der Waals surface area contributed by atoms with Gasteiger partial charge in [0.25, 0.3) is 0 Å². The van der Waals surface area contributed by atoms with E-state index in [1.54, 1.807) is 24.9 Å². The molecule has 1 heterocycles. The molecule has 1 N–H and O–H groups in total. The van der Waals surface area contributed by atoms with E-state index in [2.05, 4.69) is 31.6 Å². The van der Waals surface area contributed by atoms with E-state index in [1.165, 1.54) is 6.92 Å². The molecule has 0 saturated heterocycles. The van der Waals surface area contributed by atoms with Crippen molar-refractivity contribution in [3.05, 3.63) is 23.4 Å². The molecule has 1 amide bonds. The summed E-state index contributed by atoms with van der Waals surface area (Å²) < 4.78 is 7.12. The van der Waals surface area contributed by atoms with Crippen LogP contribution in [0.25, 0.3) is 0 Å². The Hall–Kier alpha value is -3.41. The van der Waals surface area contributed by atoms with E-state index < -0.39 is 0 Å². The highest BCUT2D eigenvalue weighted by Gasteiger charge is 2.26. The molecule has 0 aliphatic carbocycles. The molecular weight excluding hydrogens is 394 g/mol. The number of carbonyl (C=O) groups is 1. The van der Waals surface area contributed by atoms with Crippen LogP contribution in [0.15, 0.2) is 22.4 Å². The number of methoxy groups -OCH3 is 1. The lowest BCUT2D eigenvalue weighted by Gasteiger charge is -2.24. The number of azo groups is 1. The first-order chi connectivity index (χ1) is 14.6. The van der Waals surface area contributed by atoms with Gasteiger partial charge >= 0.3 is 0 Å². The van der Waals surface area contributed by atoms with Crippen LogP contribution in [0.3, 0.4) is 0 Å². The SMILES string of the molecule is CCN(CC)c1cc(NC(C)=O)c(N=Nc2c(C#N)c(C(C)(C)C)nn2C)cc1OC. The lowest BCUT2D eigenvalue weighted by atomic mass is 9.90. The standard InChI is InChI=1S/C22H31N7O2/c1-9-29(10-2)18-11-16(24-14(3)30)17(12-19(18)31-8)25-26-21-15(13-23)20(22(4,5)6)27-28(21)7/h11-12H,9-10H2,1-8H3,(H,24,30). The van der Waals surface area contributed by atoms with Gasteiger partial charge < -0.3 is 15.0 Å². The van der Waals surface area contributed by atoms with Gasteiger partial charge in [0.05, 0.1) is 24.2 Å². The average Bonchev–Trinajstić information content (AvgIpc) is 3.03. The average molecular weight is 426 g/mol. The third-order valence-corrected chi connectivity index (χ3v) is 4.80.